The standard InChI is InChI=1S/C18H27F7N2O5/c1-9(2)6-11(27-15(30)31-5)13(28)26-12(7-10(3)4)14(29)32-8-16(19,20)17(21,22)18(23,24)25/h9-12H,6-8H2,1-5H3,(H,26,28)(H,27,30). The maximum absolute atomic E-state index is 13.4. The second-order valence-electron chi connectivity index (χ2n) is 7.89. The summed E-state index contributed by atoms with van der Waals surface area (Å²) in [5.41, 5.74) is 0. The Kier molecular flexibility index (Phi) is 10.7. The maximum atomic E-state index is 13.4. The van der Waals surface area contributed by atoms with E-state index in [0.717, 1.165) is 7.11 Å². The molecule has 0 saturated carbocycles. The van der Waals surface area contributed by atoms with Crippen molar-refractivity contribution in [1.82, 2.24) is 10.6 Å². The van der Waals surface area contributed by atoms with Crippen LogP contribution in [0.5, 0.6) is 0 Å². The highest BCUT2D eigenvalue weighted by Gasteiger charge is 2.73. The molecule has 0 aliphatic rings. The van der Waals surface area contributed by atoms with E-state index in [-0.39, 0.29) is 24.7 Å². The van der Waals surface area contributed by atoms with Gasteiger partial charge in [-0.2, -0.15) is 30.7 Å². The first-order valence-electron chi connectivity index (χ1n) is 9.49. The molecular weight excluding hydrogens is 457 g/mol. The zero-order chi connectivity index (χ0) is 25.5. The van der Waals surface area contributed by atoms with Crippen molar-refractivity contribution in [2.45, 2.75) is 70.6 Å². The number of alkyl halides is 7. The smallest absolute Gasteiger partial charge is 0.457 e. The van der Waals surface area contributed by atoms with Gasteiger partial charge in [0.1, 0.15) is 12.1 Å². The van der Waals surface area contributed by atoms with Crippen LogP contribution in [0.15, 0.2) is 0 Å². The number of halogens is 7. The fourth-order valence-electron chi connectivity index (χ4n) is 2.42. The number of amides is 2. The predicted octanol–water partition coefficient (Wildman–Crippen LogP) is 3.66. The SMILES string of the molecule is COC(=O)NC(CC(C)C)C(=O)NC(CC(C)C)C(=O)OCC(F)(F)C(F)(F)C(F)(F)F. The van der Waals surface area contributed by atoms with Gasteiger partial charge in [-0.05, 0) is 24.7 Å². The lowest BCUT2D eigenvalue weighted by molar-refractivity contribution is -0.359. The van der Waals surface area contributed by atoms with Gasteiger partial charge in [0, 0.05) is 0 Å². The monoisotopic (exact) mass is 484 g/mol. The molecule has 0 saturated heterocycles. The molecule has 14 heteroatoms. The summed E-state index contributed by atoms with van der Waals surface area (Å²) in [4.78, 5) is 36.1. The van der Waals surface area contributed by atoms with Crippen LogP contribution in [-0.4, -0.2) is 61.8 Å². The highest BCUT2D eigenvalue weighted by molar-refractivity contribution is 5.89. The zero-order valence-corrected chi connectivity index (χ0v) is 18.1. The largest absolute Gasteiger partial charge is 0.460 e. The molecule has 32 heavy (non-hydrogen) atoms. The minimum Gasteiger partial charge on any atom is -0.457 e. The lowest BCUT2D eigenvalue weighted by atomic mass is 10.0. The topological polar surface area (TPSA) is 93.7 Å². The molecular formula is C18H27F7N2O5. The number of rotatable bonds is 11. The van der Waals surface area contributed by atoms with Crippen LogP contribution in [0.2, 0.25) is 0 Å². The van der Waals surface area contributed by atoms with Crippen LogP contribution in [0.3, 0.4) is 0 Å². The Balaban J connectivity index is 5.45. The molecule has 2 atom stereocenters. The van der Waals surface area contributed by atoms with E-state index in [9.17, 15) is 45.1 Å². The fourth-order valence-corrected chi connectivity index (χ4v) is 2.42. The molecule has 0 heterocycles. The molecule has 0 spiro atoms. The fraction of sp³-hybridized carbons (Fsp3) is 0.833. The van der Waals surface area contributed by atoms with Gasteiger partial charge in [0.2, 0.25) is 5.91 Å². The van der Waals surface area contributed by atoms with Crippen molar-refractivity contribution in [2.24, 2.45) is 11.8 Å². The van der Waals surface area contributed by atoms with Crippen LogP contribution in [-0.2, 0) is 19.1 Å². The van der Waals surface area contributed by atoms with Crippen molar-refractivity contribution >= 4 is 18.0 Å². The number of methoxy groups -OCH3 is 1. The second-order valence-corrected chi connectivity index (χ2v) is 7.89. The number of nitrogens with one attached hydrogen (secondary N) is 2. The zero-order valence-electron chi connectivity index (χ0n) is 18.1. The summed E-state index contributed by atoms with van der Waals surface area (Å²) in [5, 5.41) is 4.37. The average molecular weight is 484 g/mol. The van der Waals surface area contributed by atoms with Gasteiger partial charge in [-0.3, -0.25) is 4.79 Å². The van der Waals surface area contributed by atoms with E-state index in [4.69, 9.17) is 0 Å². The molecule has 0 aromatic heterocycles. The van der Waals surface area contributed by atoms with Gasteiger partial charge in [-0.1, -0.05) is 27.7 Å². The van der Waals surface area contributed by atoms with Gasteiger partial charge in [0.05, 0.1) is 7.11 Å². The highest BCUT2D eigenvalue weighted by Crippen LogP contribution is 2.46. The third-order valence-corrected chi connectivity index (χ3v) is 4.02. The number of carbonyl (C=O) groups is 3. The van der Waals surface area contributed by atoms with Gasteiger partial charge >= 0.3 is 30.1 Å². The third-order valence-electron chi connectivity index (χ3n) is 4.02. The van der Waals surface area contributed by atoms with E-state index < -0.39 is 54.7 Å². The molecule has 2 amide bonds. The van der Waals surface area contributed by atoms with Gasteiger partial charge in [0.25, 0.3) is 0 Å². The lowest BCUT2D eigenvalue weighted by Gasteiger charge is -2.29. The molecule has 0 aromatic rings. The van der Waals surface area contributed by atoms with Crippen molar-refractivity contribution in [1.29, 1.82) is 0 Å². The first kappa shape index (κ1) is 29.7. The van der Waals surface area contributed by atoms with Crippen molar-refractivity contribution < 1.29 is 54.6 Å². The van der Waals surface area contributed by atoms with E-state index in [2.05, 4.69) is 20.1 Å². The highest BCUT2D eigenvalue weighted by atomic mass is 19.4. The van der Waals surface area contributed by atoms with Crippen LogP contribution < -0.4 is 10.6 Å². The molecule has 2 unspecified atom stereocenters. The molecule has 0 rings (SSSR count). The molecule has 2 N–H and O–H groups in total. The number of hydrogen-bond donors (Lipinski definition) is 2. The number of carbonyl (C=O) groups excluding carboxylic acids is 3. The predicted molar refractivity (Wildman–Crippen MR) is 97.1 cm³/mol. The Labute approximate surface area is 180 Å². The molecule has 0 bridgehead atoms. The van der Waals surface area contributed by atoms with E-state index >= 15 is 0 Å². The molecule has 188 valence electrons. The van der Waals surface area contributed by atoms with Crippen molar-refractivity contribution in [3.63, 3.8) is 0 Å². The number of esters is 1. The summed E-state index contributed by atoms with van der Waals surface area (Å²) in [6.45, 7) is 4.00. The minimum atomic E-state index is -6.57. The molecule has 0 radical (unpaired) electrons. The van der Waals surface area contributed by atoms with E-state index in [1.54, 1.807) is 27.7 Å². The van der Waals surface area contributed by atoms with Crippen LogP contribution in [0, 0.1) is 11.8 Å². The Morgan fingerprint density at radius 3 is 1.69 bits per heavy atom. The average Bonchev–Trinajstić information content (AvgIpc) is 2.62. The quantitative estimate of drug-likeness (QED) is 0.345. The number of hydrogen-bond acceptors (Lipinski definition) is 5. The van der Waals surface area contributed by atoms with Crippen molar-refractivity contribution in [2.75, 3.05) is 13.7 Å². The van der Waals surface area contributed by atoms with Gasteiger partial charge in [-0.25, -0.2) is 9.59 Å². The Hall–Kier alpha value is -2.28. The summed E-state index contributed by atoms with van der Waals surface area (Å²) < 4.78 is 97.8. The maximum Gasteiger partial charge on any atom is 0.460 e. The van der Waals surface area contributed by atoms with Crippen LogP contribution in [0.1, 0.15) is 40.5 Å². The van der Waals surface area contributed by atoms with E-state index in [0.29, 0.717) is 0 Å². The van der Waals surface area contributed by atoms with Gasteiger partial charge in [0.15, 0.2) is 6.61 Å². The van der Waals surface area contributed by atoms with Crippen LogP contribution >= 0.6 is 0 Å². The molecule has 0 aromatic carbocycles. The first-order chi connectivity index (χ1) is 14.4. The Morgan fingerprint density at radius 2 is 1.28 bits per heavy atom. The van der Waals surface area contributed by atoms with Crippen LogP contribution in [0.4, 0.5) is 35.5 Å². The van der Waals surface area contributed by atoms with E-state index in [1.165, 1.54) is 0 Å². The summed E-state index contributed by atoms with van der Waals surface area (Å²) in [7, 11) is 1.04. The summed E-state index contributed by atoms with van der Waals surface area (Å²) in [6, 6.07) is -2.85. The minimum absolute atomic E-state index is 0.0836. The Morgan fingerprint density at radius 1 is 0.812 bits per heavy atom. The summed E-state index contributed by atoms with van der Waals surface area (Å²) >= 11 is 0. The summed E-state index contributed by atoms with van der Waals surface area (Å²) in [6.07, 6.45) is -7.67. The van der Waals surface area contributed by atoms with Crippen molar-refractivity contribution in [3.05, 3.63) is 0 Å². The van der Waals surface area contributed by atoms with Gasteiger partial charge < -0.3 is 20.1 Å². The third kappa shape index (κ3) is 8.69. The number of ether oxygens (including phenoxy) is 2. The summed E-state index contributed by atoms with van der Waals surface area (Å²) in [5.74, 6) is -15.2. The molecule has 7 nitrogen and oxygen atoms in total. The van der Waals surface area contributed by atoms with Gasteiger partial charge in [-0.15, -0.1) is 0 Å². The second kappa shape index (κ2) is 11.5. The lowest BCUT2D eigenvalue weighted by Crippen LogP contribution is -2.56. The number of alkyl carbamates (subject to hydrolysis) is 1. The van der Waals surface area contributed by atoms with Crippen LogP contribution in [0.25, 0.3) is 0 Å². The normalized spacial score (nSPS) is 14.7. The molecule has 0 fully saturated rings. The van der Waals surface area contributed by atoms with Crippen molar-refractivity contribution in [3.8, 4) is 0 Å². The first-order valence-corrected chi connectivity index (χ1v) is 9.49. The molecule has 0 aliphatic heterocycles. The van der Waals surface area contributed by atoms with E-state index in [1.807, 2.05) is 0 Å². The molecule has 0 aliphatic carbocycles. The Bertz CT molecular complexity index is 654.